The van der Waals surface area contributed by atoms with E-state index >= 15 is 0 Å². The summed E-state index contributed by atoms with van der Waals surface area (Å²) >= 11 is 0. The van der Waals surface area contributed by atoms with Gasteiger partial charge in [-0.3, -0.25) is 9.69 Å². The minimum Gasteiger partial charge on any atom is -0.493 e. The van der Waals surface area contributed by atoms with Crippen LogP contribution in [0.1, 0.15) is 60.9 Å². The molecule has 7 heteroatoms. The largest absolute Gasteiger partial charge is 0.493 e. The predicted molar refractivity (Wildman–Crippen MR) is 147 cm³/mol. The molecule has 0 radical (unpaired) electrons. The quantitative estimate of drug-likeness (QED) is 0.552. The third kappa shape index (κ3) is 5.94. The molecule has 3 heterocycles. The van der Waals surface area contributed by atoms with E-state index in [4.69, 9.17) is 18.9 Å². The number of methoxy groups -OCH3 is 2. The van der Waals surface area contributed by atoms with Crippen LogP contribution in [0, 0.1) is 5.41 Å². The molecule has 1 spiro atoms. The highest BCUT2D eigenvalue weighted by Crippen LogP contribution is 2.40. The van der Waals surface area contributed by atoms with E-state index in [-0.39, 0.29) is 17.4 Å². The van der Waals surface area contributed by atoms with Gasteiger partial charge in [0.1, 0.15) is 5.75 Å². The highest BCUT2D eigenvalue weighted by atomic mass is 16.5. The molecular formula is C31H42N2O5. The van der Waals surface area contributed by atoms with Crippen molar-refractivity contribution in [3.8, 4) is 17.2 Å². The van der Waals surface area contributed by atoms with Gasteiger partial charge >= 0.3 is 0 Å². The summed E-state index contributed by atoms with van der Waals surface area (Å²) in [6.45, 7) is 5.64. The minimum atomic E-state index is 0.0693. The van der Waals surface area contributed by atoms with Gasteiger partial charge in [-0.1, -0.05) is 30.7 Å². The number of benzene rings is 2. The van der Waals surface area contributed by atoms with Gasteiger partial charge in [0.05, 0.1) is 39.0 Å². The number of carbonyl (C=O) groups excluding carboxylic acids is 1. The molecule has 2 aromatic rings. The van der Waals surface area contributed by atoms with Crippen molar-refractivity contribution in [1.29, 1.82) is 0 Å². The number of hydrogen-bond acceptors (Lipinski definition) is 6. The molecule has 3 aliphatic heterocycles. The molecule has 0 unspecified atom stereocenters. The normalized spacial score (nSPS) is 22.7. The van der Waals surface area contributed by atoms with Gasteiger partial charge in [-0.05, 0) is 69.8 Å². The van der Waals surface area contributed by atoms with Gasteiger partial charge in [0.25, 0.3) is 5.91 Å². The average molecular weight is 523 g/mol. The van der Waals surface area contributed by atoms with Crippen molar-refractivity contribution in [1.82, 2.24) is 9.80 Å². The summed E-state index contributed by atoms with van der Waals surface area (Å²) in [4.78, 5) is 18.0. The van der Waals surface area contributed by atoms with Crippen molar-refractivity contribution in [2.75, 3.05) is 53.7 Å². The standard InChI is InChI=1S/C31H42N2O5/c1-35-28-13-7-9-24(29(28)36-2)21-32-18-15-31(16-19-32)14-5-6-20-37-22-25-10-8-17-33(25)30(34)26-11-3-4-12-27(26)38-23-31/h3-4,7,9,11-13,25H,5-6,8,10,14-23H2,1-2H3/t25-/m0/s1. The number of rotatable bonds is 4. The van der Waals surface area contributed by atoms with Crippen molar-refractivity contribution >= 4 is 5.91 Å². The van der Waals surface area contributed by atoms with Crippen LogP contribution in [0.2, 0.25) is 0 Å². The molecule has 206 valence electrons. The third-order valence-corrected chi connectivity index (χ3v) is 8.64. The Morgan fingerprint density at radius 3 is 2.61 bits per heavy atom. The van der Waals surface area contributed by atoms with E-state index in [1.165, 1.54) is 0 Å². The van der Waals surface area contributed by atoms with Crippen molar-refractivity contribution in [3.05, 3.63) is 53.6 Å². The van der Waals surface area contributed by atoms with Gasteiger partial charge in [-0.25, -0.2) is 0 Å². The molecule has 3 aliphatic rings. The summed E-state index contributed by atoms with van der Waals surface area (Å²) < 4.78 is 23.8. The molecule has 0 aliphatic carbocycles. The van der Waals surface area contributed by atoms with Gasteiger partial charge < -0.3 is 23.8 Å². The van der Waals surface area contributed by atoms with Crippen LogP contribution in [-0.2, 0) is 11.3 Å². The second-order valence-corrected chi connectivity index (χ2v) is 11.0. The number of piperidine rings is 1. The van der Waals surface area contributed by atoms with Crippen LogP contribution in [-0.4, -0.2) is 75.4 Å². The van der Waals surface area contributed by atoms with Gasteiger partial charge in [-0.2, -0.15) is 0 Å². The molecule has 1 amide bonds. The van der Waals surface area contributed by atoms with Crippen molar-refractivity contribution in [2.45, 2.75) is 57.5 Å². The molecule has 2 saturated heterocycles. The fourth-order valence-corrected chi connectivity index (χ4v) is 6.33. The number of carbonyl (C=O) groups is 1. The lowest BCUT2D eigenvalue weighted by atomic mass is 9.75. The van der Waals surface area contributed by atoms with Gasteiger partial charge in [0, 0.05) is 30.7 Å². The minimum absolute atomic E-state index is 0.0693. The Morgan fingerprint density at radius 1 is 0.947 bits per heavy atom. The maximum Gasteiger partial charge on any atom is 0.257 e. The Balaban J connectivity index is 1.30. The molecule has 0 saturated carbocycles. The summed E-state index contributed by atoms with van der Waals surface area (Å²) in [6.07, 6.45) is 7.44. The molecular weight excluding hydrogens is 480 g/mol. The molecule has 0 aromatic heterocycles. The van der Waals surface area contributed by atoms with Crippen LogP contribution in [0.3, 0.4) is 0 Å². The van der Waals surface area contributed by atoms with Crippen LogP contribution in [0.25, 0.3) is 0 Å². The van der Waals surface area contributed by atoms with E-state index < -0.39 is 0 Å². The van der Waals surface area contributed by atoms with Gasteiger partial charge in [-0.15, -0.1) is 0 Å². The Bertz CT molecular complexity index is 1080. The van der Waals surface area contributed by atoms with Crippen LogP contribution < -0.4 is 14.2 Å². The molecule has 0 bridgehead atoms. The first kappa shape index (κ1) is 26.8. The number of para-hydroxylation sites is 2. The van der Waals surface area contributed by atoms with E-state index in [2.05, 4.69) is 11.0 Å². The second-order valence-electron chi connectivity index (χ2n) is 11.0. The van der Waals surface area contributed by atoms with Crippen LogP contribution in [0.4, 0.5) is 0 Å². The smallest absolute Gasteiger partial charge is 0.257 e. The molecule has 5 rings (SSSR count). The van der Waals surface area contributed by atoms with E-state index in [0.29, 0.717) is 24.5 Å². The summed E-state index contributed by atoms with van der Waals surface area (Å²) in [5, 5.41) is 0. The number of fused-ring (bicyclic) bond motifs is 2. The van der Waals surface area contributed by atoms with E-state index in [1.807, 2.05) is 41.3 Å². The Labute approximate surface area is 227 Å². The lowest BCUT2D eigenvalue weighted by Crippen LogP contribution is -2.43. The molecule has 0 N–H and O–H groups in total. The molecule has 38 heavy (non-hydrogen) atoms. The number of ether oxygens (including phenoxy) is 4. The lowest BCUT2D eigenvalue weighted by molar-refractivity contribution is 0.0322. The van der Waals surface area contributed by atoms with Crippen LogP contribution >= 0.6 is 0 Å². The first-order valence-electron chi connectivity index (χ1n) is 14.2. The maximum atomic E-state index is 13.5. The lowest BCUT2D eigenvalue weighted by Gasteiger charge is -2.42. The predicted octanol–water partition coefficient (Wildman–Crippen LogP) is 5.17. The zero-order valence-electron chi connectivity index (χ0n) is 23.0. The van der Waals surface area contributed by atoms with Crippen molar-refractivity contribution in [2.24, 2.45) is 5.41 Å². The van der Waals surface area contributed by atoms with E-state index in [9.17, 15) is 4.79 Å². The van der Waals surface area contributed by atoms with Gasteiger partial charge in [0.2, 0.25) is 0 Å². The van der Waals surface area contributed by atoms with Crippen LogP contribution in [0.5, 0.6) is 17.2 Å². The summed E-state index contributed by atoms with van der Waals surface area (Å²) in [5.41, 5.74) is 1.91. The third-order valence-electron chi connectivity index (χ3n) is 8.64. The number of likely N-dealkylation sites (tertiary alicyclic amines) is 1. The highest BCUT2D eigenvalue weighted by molar-refractivity contribution is 5.97. The van der Waals surface area contributed by atoms with Crippen molar-refractivity contribution in [3.63, 3.8) is 0 Å². The summed E-state index contributed by atoms with van der Waals surface area (Å²) in [7, 11) is 3.38. The Hall–Kier alpha value is -2.77. The summed E-state index contributed by atoms with van der Waals surface area (Å²) in [6, 6.07) is 14.0. The first-order valence-corrected chi connectivity index (χ1v) is 14.2. The van der Waals surface area contributed by atoms with Crippen LogP contribution in [0.15, 0.2) is 42.5 Å². The number of nitrogens with zero attached hydrogens (tertiary/aromatic N) is 2. The molecule has 2 aromatic carbocycles. The van der Waals surface area contributed by atoms with Gasteiger partial charge in [0.15, 0.2) is 11.5 Å². The average Bonchev–Trinajstić information content (AvgIpc) is 3.43. The fraction of sp³-hybridized carbons (Fsp3) is 0.581. The maximum absolute atomic E-state index is 13.5. The Kier molecular flexibility index (Phi) is 8.75. The molecule has 1 atom stereocenters. The molecule has 7 nitrogen and oxygen atoms in total. The SMILES string of the molecule is COc1cccc(CN2CCC3(CCCCOC[C@@H]4CCCN4C(=O)c4ccccc4OC3)CC2)c1OC. The van der Waals surface area contributed by atoms with E-state index in [1.54, 1.807) is 14.2 Å². The topological polar surface area (TPSA) is 60.5 Å². The number of hydrogen-bond donors (Lipinski definition) is 0. The summed E-state index contributed by atoms with van der Waals surface area (Å²) in [5.74, 6) is 2.37. The fourth-order valence-electron chi connectivity index (χ4n) is 6.33. The number of amides is 1. The zero-order chi connectivity index (χ0) is 26.4. The first-order chi connectivity index (χ1) is 18.6. The Morgan fingerprint density at radius 2 is 1.79 bits per heavy atom. The molecule has 2 fully saturated rings. The second kappa shape index (κ2) is 12.4. The zero-order valence-corrected chi connectivity index (χ0v) is 23.0. The van der Waals surface area contributed by atoms with Crippen molar-refractivity contribution < 1.29 is 23.7 Å². The van der Waals surface area contributed by atoms with E-state index in [0.717, 1.165) is 94.8 Å². The monoisotopic (exact) mass is 522 g/mol. The highest BCUT2D eigenvalue weighted by Gasteiger charge is 2.37.